The lowest BCUT2D eigenvalue weighted by Crippen LogP contribution is -2.11. The molecule has 1 atom stereocenters. The normalized spacial score (nSPS) is 13.2. The van der Waals surface area contributed by atoms with Gasteiger partial charge >= 0.3 is 0 Å². The number of fused-ring (bicyclic) bond motifs is 1. The zero-order valence-electron chi connectivity index (χ0n) is 9.43. The summed E-state index contributed by atoms with van der Waals surface area (Å²) in [6.07, 6.45) is 2.93. The van der Waals surface area contributed by atoms with Gasteiger partial charge in [0.2, 0.25) is 5.89 Å². The van der Waals surface area contributed by atoms with E-state index in [4.69, 9.17) is 10.2 Å². The second-order valence-electron chi connectivity index (χ2n) is 3.71. The standard InChI is InChI=1S/C11H15N3OS/c1-7-3-4-9-10(13-7)14-11(15-9)8(12)5-6-16-2/h3-4,8H,5-6,12H2,1-2H3. The maximum absolute atomic E-state index is 5.99. The molecule has 1 unspecified atom stereocenters. The van der Waals surface area contributed by atoms with E-state index < -0.39 is 0 Å². The second kappa shape index (κ2) is 4.84. The van der Waals surface area contributed by atoms with Crippen LogP contribution in [0.15, 0.2) is 16.5 Å². The fourth-order valence-corrected chi connectivity index (χ4v) is 1.95. The van der Waals surface area contributed by atoms with Crippen LogP contribution in [-0.4, -0.2) is 22.0 Å². The van der Waals surface area contributed by atoms with Crippen molar-refractivity contribution in [3.8, 4) is 0 Å². The van der Waals surface area contributed by atoms with Crippen molar-refractivity contribution in [3.63, 3.8) is 0 Å². The first kappa shape index (κ1) is 11.4. The highest BCUT2D eigenvalue weighted by atomic mass is 32.2. The molecular formula is C11H15N3OS. The zero-order valence-corrected chi connectivity index (χ0v) is 10.3. The highest BCUT2D eigenvalue weighted by Crippen LogP contribution is 2.20. The van der Waals surface area contributed by atoms with Crippen LogP contribution in [-0.2, 0) is 0 Å². The predicted octanol–water partition coefficient (Wildman–Crippen LogP) is 2.28. The van der Waals surface area contributed by atoms with Gasteiger partial charge in [-0.05, 0) is 37.5 Å². The molecule has 0 bridgehead atoms. The van der Waals surface area contributed by atoms with Crippen LogP contribution in [0, 0.1) is 6.92 Å². The molecule has 0 amide bonds. The van der Waals surface area contributed by atoms with E-state index in [9.17, 15) is 0 Å². The minimum atomic E-state index is -0.137. The molecule has 0 aliphatic heterocycles. The molecule has 0 radical (unpaired) electrons. The molecule has 0 spiro atoms. The Kier molecular flexibility index (Phi) is 3.46. The molecule has 0 saturated heterocycles. The van der Waals surface area contributed by atoms with Gasteiger partial charge < -0.3 is 10.2 Å². The zero-order chi connectivity index (χ0) is 11.5. The van der Waals surface area contributed by atoms with E-state index in [1.807, 2.05) is 19.1 Å². The third kappa shape index (κ3) is 2.36. The van der Waals surface area contributed by atoms with Gasteiger partial charge in [0.25, 0.3) is 0 Å². The van der Waals surface area contributed by atoms with Gasteiger partial charge in [-0.25, -0.2) is 4.98 Å². The Labute approximate surface area is 98.6 Å². The molecule has 0 aliphatic carbocycles. The first-order valence-electron chi connectivity index (χ1n) is 5.19. The molecule has 2 rings (SSSR count). The number of aryl methyl sites for hydroxylation is 1. The van der Waals surface area contributed by atoms with Crippen molar-refractivity contribution < 1.29 is 4.42 Å². The van der Waals surface area contributed by atoms with Crippen LogP contribution in [0.25, 0.3) is 11.2 Å². The van der Waals surface area contributed by atoms with E-state index in [1.165, 1.54) is 0 Å². The van der Waals surface area contributed by atoms with Crippen LogP contribution in [0.4, 0.5) is 0 Å². The monoisotopic (exact) mass is 237 g/mol. The molecule has 4 nitrogen and oxygen atoms in total. The lowest BCUT2D eigenvalue weighted by atomic mass is 10.2. The fraction of sp³-hybridized carbons (Fsp3) is 0.455. The average Bonchev–Trinajstić information content (AvgIpc) is 2.68. The van der Waals surface area contributed by atoms with E-state index in [2.05, 4.69) is 16.2 Å². The van der Waals surface area contributed by atoms with Crippen LogP contribution < -0.4 is 5.73 Å². The van der Waals surface area contributed by atoms with Gasteiger partial charge in [-0.2, -0.15) is 16.7 Å². The first-order valence-corrected chi connectivity index (χ1v) is 6.58. The highest BCUT2D eigenvalue weighted by Gasteiger charge is 2.14. The number of pyridine rings is 1. The van der Waals surface area contributed by atoms with Crippen LogP contribution in [0.5, 0.6) is 0 Å². The van der Waals surface area contributed by atoms with E-state index in [-0.39, 0.29) is 6.04 Å². The van der Waals surface area contributed by atoms with Crippen LogP contribution >= 0.6 is 11.8 Å². The summed E-state index contributed by atoms with van der Waals surface area (Å²) in [6.45, 7) is 1.93. The van der Waals surface area contributed by atoms with Crippen molar-refractivity contribution in [2.75, 3.05) is 12.0 Å². The van der Waals surface area contributed by atoms with Crippen molar-refractivity contribution in [1.82, 2.24) is 9.97 Å². The maximum Gasteiger partial charge on any atom is 0.214 e. The van der Waals surface area contributed by atoms with Crippen molar-refractivity contribution in [3.05, 3.63) is 23.7 Å². The number of hydrogen-bond donors (Lipinski definition) is 1. The van der Waals surface area contributed by atoms with Crippen LogP contribution in [0.2, 0.25) is 0 Å². The van der Waals surface area contributed by atoms with Gasteiger partial charge in [0.1, 0.15) is 0 Å². The summed E-state index contributed by atoms with van der Waals surface area (Å²) in [4.78, 5) is 8.61. The molecule has 2 aromatic heterocycles. The first-order chi connectivity index (χ1) is 7.70. The topological polar surface area (TPSA) is 64.9 Å². The summed E-state index contributed by atoms with van der Waals surface area (Å²) in [5.41, 5.74) is 8.28. The third-order valence-corrected chi connectivity index (χ3v) is 3.00. The Morgan fingerprint density at radius 3 is 3.00 bits per heavy atom. The number of oxazole rings is 1. The van der Waals surface area contributed by atoms with E-state index in [0.717, 1.165) is 17.9 Å². The van der Waals surface area contributed by atoms with Gasteiger partial charge in [0.05, 0.1) is 6.04 Å². The summed E-state index contributed by atoms with van der Waals surface area (Å²) in [6, 6.07) is 3.65. The number of rotatable bonds is 4. The molecule has 2 aromatic rings. The Bertz CT molecular complexity index is 483. The van der Waals surface area contributed by atoms with Gasteiger partial charge in [-0.1, -0.05) is 0 Å². The predicted molar refractivity (Wildman–Crippen MR) is 66.5 cm³/mol. The van der Waals surface area contributed by atoms with E-state index in [0.29, 0.717) is 17.1 Å². The third-order valence-electron chi connectivity index (χ3n) is 2.36. The summed E-state index contributed by atoms with van der Waals surface area (Å²) in [5.74, 6) is 1.59. The molecular weight excluding hydrogens is 222 g/mol. The summed E-state index contributed by atoms with van der Waals surface area (Å²) < 4.78 is 5.57. The number of thioether (sulfide) groups is 1. The Balaban J connectivity index is 2.25. The maximum atomic E-state index is 5.99. The Hall–Kier alpha value is -1.07. The summed E-state index contributed by atoms with van der Waals surface area (Å²) in [5, 5.41) is 0. The van der Waals surface area contributed by atoms with Crippen LogP contribution in [0.3, 0.4) is 0 Å². The summed E-state index contributed by atoms with van der Waals surface area (Å²) >= 11 is 1.77. The highest BCUT2D eigenvalue weighted by molar-refractivity contribution is 7.98. The minimum absolute atomic E-state index is 0.137. The number of hydrogen-bond acceptors (Lipinski definition) is 5. The van der Waals surface area contributed by atoms with Crippen molar-refractivity contribution in [2.24, 2.45) is 5.73 Å². The minimum Gasteiger partial charge on any atom is -0.437 e. The molecule has 2 heterocycles. The summed E-state index contributed by atoms with van der Waals surface area (Å²) in [7, 11) is 0. The van der Waals surface area contributed by atoms with Gasteiger partial charge in [0, 0.05) is 5.69 Å². The van der Waals surface area contributed by atoms with Crippen molar-refractivity contribution in [1.29, 1.82) is 0 Å². The van der Waals surface area contributed by atoms with Gasteiger partial charge in [-0.3, -0.25) is 0 Å². The number of nitrogens with zero attached hydrogens (tertiary/aromatic N) is 2. The SMILES string of the molecule is CSCCC(N)c1nc2nc(C)ccc2o1. The van der Waals surface area contributed by atoms with Crippen LogP contribution in [0.1, 0.15) is 24.0 Å². The molecule has 2 N–H and O–H groups in total. The fourth-order valence-electron chi connectivity index (χ4n) is 1.46. The van der Waals surface area contributed by atoms with E-state index in [1.54, 1.807) is 11.8 Å². The van der Waals surface area contributed by atoms with Crippen molar-refractivity contribution >= 4 is 23.0 Å². The molecule has 86 valence electrons. The Morgan fingerprint density at radius 1 is 1.44 bits per heavy atom. The molecule has 16 heavy (non-hydrogen) atoms. The van der Waals surface area contributed by atoms with Gasteiger partial charge in [-0.15, -0.1) is 0 Å². The number of nitrogens with two attached hydrogens (primary N) is 1. The second-order valence-corrected chi connectivity index (χ2v) is 4.70. The lowest BCUT2D eigenvalue weighted by Gasteiger charge is -2.04. The number of aromatic nitrogens is 2. The molecule has 0 aliphatic rings. The average molecular weight is 237 g/mol. The van der Waals surface area contributed by atoms with Gasteiger partial charge in [0.15, 0.2) is 11.2 Å². The smallest absolute Gasteiger partial charge is 0.214 e. The van der Waals surface area contributed by atoms with Crippen molar-refractivity contribution in [2.45, 2.75) is 19.4 Å². The molecule has 0 fully saturated rings. The van der Waals surface area contributed by atoms with E-state index >= 15 is 0 Å². The largest absolute Gasteiger partial charge is 0.437 e. The molecule has 5 heteroatoms. The molecule has 0 aromatic carbocycles. The quantitative estimate of drug-likeness (QED) is 0.883. The Morgan fingerprint density at radius 2 is 2.25 bits per heavy atom. The lowest BCUT2D eigenvalue weighted by molar-refractivity contribution is 0.470. The molecule has 0 saturated carbocycles.